The molecule has 51 heavy (non-hydrogen) atoms. The number of rotatable bonds is 11. The van der Waals surface area contributed by atoms with Gasteiger partial charge < -0.3 is 20.6 Å². The number of alkyl halides is 3. The molecule has 0 saturated carbocycles. The quantitative estimate of drug-likeness (QED) is 0.129. The molecule has 9 nitrogen and oxygen atoms in total. The first-order valence-corrected chi connectivity index (χ1v) is 17.5. The third-order valence-corrected chi connectivity index (χ3v) is 9.85. The van der Waals surface area contributed by atoms with Gasteiger partial charge in [-0.05, 0) is 80.6 Å². The Morgan fingerprint density at radius 2 is 1.86 bits per heavy atom. The van der Waals surface area contributed by atoms with Gasteiger partial charge in [0.25, 0.3) is 11.8 Å². The monoisotopic (exact) mass is 714 g/mol. The van der Waals surface area contributed by atoms with Crippen molar-refractivity contribution in [3.8, 4) is 17.0 Å². The zero-order chi connectivity index (χ0) is 36.1. The van der Waals surface area contributed by atoms with E-state index in [1.165, 1.54) is 23.5 Å². The van der Waals surface area contributed by atoms with E-state index in [4.69, 9.17) is 0 Å². The Balaban J connectivity index is 1.23. The maximum Gasteiger partial charge on any atom is 0.416 e. The Kier molecular flexibility index (Phi) is 10.8. The minimum absolute atomic E-state index is 0.0401. The molecule has 264 valence electrons. The molecule has 1 aliphatic rings. The molecule has 3 aromatic carbocycles. The average molecular weight is 715 g/mol. The van der Waals surface area contributed by atoms with Crippen molar-refractivity contribution in [3.63, 3.8) is 0 Å². The van der Waals surface area contributed by atoms with E-state index in [0.29, 0.717) is 40.9 Å². The SMILES string of the molecule is Cc1csc([C@H]2CCCN2C(=O)c2cc(C(=O)N[C@@H](C)CC(NCc3cccc(C(F)(F)F)c3)c3cccc(O)c3)cc(-c3cnccn3)c2)n1. The lowest BCUT2D eigenvalue weighted by Gasteiger charge is -2.25. The minimum atomic E-state index is -4.47. The number of phenolic OH excluding ortho intramolecular Hbond substituents is 1. The summed E-state index contributed by atoms with van der Waals surface area (Å²) in [5.41, 5.74) is 2.99. The summed E-state index contributed by atoms with van der Waals surface area (Å²) in [6.45, 7) is 4.44. The van der Waals surface area contributed by atoms with Gasteiger partial charge in [-0.1, -0.05) is 30.3 Å². The lowest BCUT2D eigenvalue weighted by Crippen LogP contribution is -2.36. The second kappa shape index (κ2) is 15.4. The van der Waals surface area contributed by atoms with Crippen LogP contribution in [-0.2, 0) is 12.7 Å². The van der Waals surface area contributed by atoms with E-state index in [9.17, 15) is 27.9 Å². The second-order valence-electron chi connectivity index (χ2n) is 12.7. The molecule has 0 aliphatic carbocycles. The van der Waals surface area contributed by atoms with Crippen molar-refractivity contribution in [3.05, 3.63) is 129 Å². The van der Waals surface area contributed by atoms with E-state index in [2.05, 4.69) is 25.6 Å². The largest absolute Gasteiger partial charge is 0.508 e. The summed E-state index contributed by atoms with van der Waals surface area (Å²) in [5, 5.41) is 19.4. The Bertz CT molecular complexity index is 2000. The normalized spacial score (nSPS) is 15.8. The predicted octanol–water partition coefficient (Wildman–Crippen LogP) is 7.65. The number of likely N-dealkylation sites (tertiary alicyclic amines) is 1. The molecule has 2 amide bonds. The molecule has 1 unspecified atom stereocenters. The lowest BCUT2D eigenvalue weighted by atomic mass is 9.98. The van der Waals surface area contributed by atoms with E-state index in [-0.39, 0.29) is 29.8 Å². The van der Waals surface area contributed by atoms with Crippen LogP contribution >= 0.6 is 11.3 Å². The van der Waals surface area contributed by atoms with Crippen molar-refractivity contribution < 1.29 is 27.9 Å². The van der Waals surface area contributed by atoms with Crippen LogP contribution in [0.4, 0.5) is 13.2 Å². The number of amides is 2. The second-order valence-corrected chi connectivity index (χ2v) is 13.6. The molecule has 13 heteroatoms. The molecule has 0 radical (unpaired) electrons. The summed E-state index contributed by atoms with van der Waals surface area (Å²) in [6.07, 6.45) is 2.17. The fourth-order valence-electron chi connectivity index (χ4n) is 6.33. The van der Waals surface area contributed by atoms with Crippen molar-refractivity contribution in [2.45, 2.75) is 64.0 Å². The van der Waals surface area contributed by atoms with Crippen LogP contribution in [0.3, 0.4) is 0 Å². The number of carbonyl (C=O) groups excluding carboxylic acids is 2. The summed E-state index contributed by atoms with van der Waals surface area (Å²) in [6, 6.07) is 15.7. The predicted molar refractivity (Wildman–Crippen MR) is 188 cm³/mol. The number of benzene rings is 3. The number of aromatic nitrogens is 3. The number of carbonyl (C=O) groups is 2. The van der Waals surface area contributed by atoms with Gasteiger partial charge in [-0.2, -0.15) is 13.2 Å². The van der Waals surface area contributed by atoms with Crippen LogP contribution in [0.15, 0.2) is 90.7 Å². The lowest BCUT2D eigenvalue weighted by molar-refractivity contribution is -0.137. The number of halogens is 3. The molecule has 0 spiro atoms. The number of hydrogen-bond acceptors (Lipinski definition) is 8. The molecular weight excluding hydrogens is 678 g/mol. The molecular formula is C38H37F3N6O3S. The standard InChI is InChI=1S/C38H37F3N6O3S/c1-23(14-32(26-7-4-9-31(48)19-26)44-20-25-6-3-8-30(15-25)38(39,40)41)45-35(49)28-16-27(33-21-42-11-12-43-33)17-29(18-28)37(50)47-13-5-10-34(47)36-46-24(2)22-51-36/h3-4,6-9,11-12,15-19,21-23,32,34,44,48H,5,10,13-14,20H2,1-2H3,(H,45,49)/t23-,32?,34+/m0/s1. The highest BCUT2D eigenvalue weighted by atomic mass is 32.1. The van der Waals surface area contributed by atoms with Gasteiger partial charge in [-0.25, -0.2) is 4.98 Å². The summed E-state index contributed by atoms with van der Waals surface area (Å²) >= 11 is 1.53. The van der Waals surface area contributed by atoms with Crippen molar-refractivity contribution in [2.75, 3.05) is 6.54 Å². The van der Waals surface area contributed by atoms with Gasteiger partial charge in [-0.3, -0.25) is 19.6 Å². The summed E-state index contributed by atoms with van der Waals surface area (Å²) < 4.78 is 40.0. The van der Waals surface area contributed by atoms with E-state index >= 15 is 0 Å². The third kappa shape index (κ3) is 8.78. The molecule has 2 aromatic heterocycles. The van der Waals surface area contributed by atoms with Crippen LogP contribution in [0, 0.1) is 6.92 Å². The van der Waals surface area contributed by atoms with Gasteiger partial charge in [-0.15, -0.1) is 11.3 Å². The molecule has 3 atom stereocenters. The smallest absolute Gasteiger partial charge is 0.416 e. The minimum Gasteiger partial charge on any atom is -0.508 e. The van der Waals surface area contributed by atoms with Gasteiger partial charge in [0.1, 0.15) is 10.8 Å². The number of hydrogen-bond donors (Lipinski definition) is 3. The molecule has 1 aliphatic heterocycles. The Morgan fingerprint density at radius 3 is 2.59 bits per heavy atom. The van der Waals surface area contributed by atoms with E-state index in [0.717, 1.165) is 35.7 Å². The Labute approximate surface area is 297 Å². The van der Waals surface area contributed by atoms with E-state index in [1.807, 2.05) is 24.1 Å². The molecule has 1 fully saturated rings. The molecule has 0 bridgehead atoms. The summed E-state index contributed by atoms with van der Waals surface area (Å²) in [4.78, 5) is 42.9. The van der Waals surface area contributed by atoms with Crippen molar-refractivity contribution in [1.82, 2.24) is 30.5 Å². The highest BCUT2D eigenvalue weighted by Crippen LogP contribution is 2.36. The first-order valence-electron chi connectivity index (χ1n) is 16.6. The van der Waals surface area contributed by atoms with Gasteiger partial charge in [0, 0.05) is 65.3 Å². The fraction of sp³-hybridized carbons (Fsp3) is 0.289. The Hall–Kier alpha value is -5.14. The van der Waals surface area contributed by atoms with Crippen LogP contribution in [0.25, 0.3) is 11.3 Å². The molecule has 3 heterocycles. The van der Waals surface area contributed by atoms with E-state index < -0.39 is 29.7 Å². The zero-order valence-corrected chi connectivity index (χ0v) is 28.8. The van der Waals surface area contributed by atoms with Gasteiger partial charge in [0.05, 0.1) is 23.5 Å². The Morgan fingerprint density at radius 1 is 1.06 bits per heavy atom. The first-order chi connectivity index (χ1) is 24.4. The van der Waals surface area contributed by atoms with Crippen LogP contribution < -0.4 is 10.6 Å². The molecule has 3 N–H and O–H groups in total. The fourth-order valence-corrected chi connectivity index (χ4v) is 7.28. The number of phenols is 1. The highest BCUT2D eigenvalue weighted by molar-refractivity contribution is 7.09. The molecule has 5 aromatic rings. The number of nitrogens with zero attached hydrogens (tertiary/aromatic N) is 4. The van der Waals surface area contributed by atoms with Crippen LogP contribution in [0.1, 0.15) is 86.4 Å². The number of thiazole rings is 1. The molecule has 1 saturated heterocycles. The summed E-state index contributed by atoms with van der Waals surface area (Å²) in [5.74, 6) is -0.581. The topological polar surface area (TPSA) is 120 Å². The van der Waals surface area contributed by atoms with Crippen LogP contribution in [0.5, 0.6) is 5.75 Å². The van der Waals surface area contributed by atoms with Gasteiger partial charge >= 0.3 is 6.18 Å². The number of aromatic hydroxyl groups is 1. The third-order valence-electron chi connectivity index (χ3n) is 8.78. The van der Waals surface area contributed by atoms with Gasteiger partial charge in [0.15, 0.2) is 0 Å². The van der Waals surface area contributed by atoms with Crippen LogP contribution in [0.2, 0.25) is 0 Å². The number of aryl methyl sites for hydroxylation is 1. The average Bonchev–Trinajstić information content (AvgIpc) is 3.79. The summed E-state index contributed by atoms with van der Waals surface area (Å²) in [7, 11) is 0. The van der Waals surface area contributed by atoms with E-state index in [1.54, 1.807) is 61.1 Å². The van der Waals surface area contributed by atoms with Crippen LogP contribution in [-0.4, -0.2) is 49.4 Å². The molecule has 6 rings (SSSR count). The van der Waals surface area contributed by atoms with Gasteiger partial charge in [0.2, 0.25) is 0 Å². The first kappa shape index (κ1) is 35.7. The highest BCUT2D eigenvalue weighted by Gasteiger charge is 2.33. The zero-order valence-electron chi connectivity index (χ0n) is 28.0. The maximum absolute atomic E-state index is 14.1. The maximum atomic E-state index is 14.1. The number of nitrogens with one attached hydrogen (secondary N) is 2. The van der Waals surface area contributed by atoms with Crippen molar-refractivity contribution >= 4 is 23.2 Å². The van der Waals surface area contributed by atoms with Crippen molar-refractivity contribution in [1.29, 1.82) is 0 Å². The van der Waals surface area contributed by atoms with Crippen molar-refractivity contribution in [2.24, 2.45) is 0 Å².